The van der Waals surface area contributed by atoms with E-state index in [-0.39, 0.29) is 12.3 Å². The van der Waals surface area contributed by atoms with Gasteiger partial charge in [-0.3, -0.25) is 4.79 Å². The number of fused-ring (bicyclic) bond motifs is 1. The van der Waals surface area contributed by atoms with Gasteiger partial charge in [0.1, 0.15) is 5.75 Å². The molecule has 4 nitrogen and oxygen atoms in total. The summed E-state index contributed by atoms with van der Waals surface area (Å²) in [4.78, 5) is 11.0. The third-order valence-electron chi connectivity index (χ3n) is 5.63. The van der Waals surface area contributed by atoms with Crippen molar-refractivity contribution in [1.29, 1.82) is 0 Å². The Kier molecular flexibility index (Phi) is 5.69. The summed E-state index contributed by atoms with van der Waals surface area (Å²) in [5.74, 6) is -0.145. The second kappa shape index (κ2) is 8.41. The zero-order chi connectivity index (χ0) is 21.3. The lowest BCUT2D eigenvalue weighted by atomic mass is 9.94. The third kappa shape index (κ3) is 4.01. The smallest absolute Gasteiger partial charge is 0.304 e. The van der Waals surface area contributed by atoms with Gasteiger partial charge in [0.05, 0.1) is 18.1 Å². The molecular weight excluding hydrogens is 398 g/mol. The van der Waals surface area contributed by atoms with Crippen molar-refractivity contribution in [2.75, 3.05) is 11.9 Å². The van der Waals surface area contributed by atoms with Crippen molar-refractivity contribution in [1.82, 2.24) is 0 Å². The maximum atomic E-state index is 11.0. The van der Waals surface area contributed by atoms with Crippen LogP contribution >= 0.6 is 11.6 Å². The minimum atomic E-state index is -0.808. The van der Waals surface area contributed by atoms with Crippen molar-refractivity contribution in [3.63, 3.8) is 0 Å². The summed E-state index contributed by atoms with van der Waals surface area (Å²) in [7, 11) is 0. The molecule has 154 valence electrons. The van der Waals surface area contributed by atoms with E-state index in [1.807, 2.05) is 30.3 Å². The molecule has 0 fully saturated rings. The molecule has 0 saturated carbocycles. The first-order valence-corrected chi connectivity index (χ1v) is 10.4. The van der Waals surface area contributed by atoms with Crippen LogP contribution in [0, 0.1) is 13.8 Å². The van der Waals surface area contributed by atoms with Crippen LogP contribution in [-0.4, -0.2) is 17.7 Å². The maximum absolute atomic E-state index is 11.0. The first-order chi connectivity index (χ1) is 14.4. The van der Waals surface area contributed by atoms with E-state index < -0.39 is 5.97 Å². The average Bonchev–Trinajstić information content (AvgIpc) is 3.09. The van der Waals surface area contributed by atoms with Gasteiger partial charge in [-0.15, -0.1) is 0 Å². The number of carboxylic acids is 1. The van der Waals surface area contributed by atoms with Crippen LogP contribution in [0.4, 0.5) is 5.69 Å². The topological polar surface area (TPSA) is 58.6 Å². The zero-order valence-electron chi connectivity index (χ0n) is 17.0. The Labute approximate surface area is 181 Å². The minimum absolute atomic E-state index is 0.0838. The Morgan fingerprint density at radius 3 is 2.60 bits per heavy atom. The fraction of sp³-hybridized carbons (Fsp3) is 0.240. The van der Waals surface area contributed by atoms with Crippen molar-refractivity contribution < 1.29 is 14.6 Å². The Balaban J connectivity index is 1.54. The van der Waals surface area contributed by atoms with Crippen LogP contribution in [0.15, 0.2) is 54.6 Å². The molecule has 4 rings (SSSR count). The number of aliphatic carboxylic acids is 1. The molecule has 1 unspecified atom stereocenters. The molecule has 3 aromatic rings. The van der Waals surface area contributed by atoms with Crippen LogP contribution in [-0.2, 0) is 11.3 Å². The van der Waals surface area contributed by atoms with Crippen molar-refractivity contribution in [3.8, 4) is 16.9 Å². The van der Waals surface area contributed by atoms with E-state index >= 15 is 0 Å². The van der Waals surface area contributed by atoms with E-state index in [1.165, 1.54) is 16.7 Å². The van der Waals surface area contributed by atoms with E-state index in [2.05, 4.69) is 43.4 Å². The second-order valence-electron chi connectivity index (χ2n) is 7.76. The molecule has 2 N–H and O–H groups in total. The van der Waals surface area contributed by atoms with E-state index in [4.69, 9.17) is 21.4 Å². The summed E-state index contributed by atoms with van der Waals surface area (Å²) in [6, 6.07) is 18.2. The van der Waals surface area contributed by atoms with Gasteiger partial charge in [-0.2, -0.15) is 0 Å². The summed E-state index contributed by atoms with van der Waals surface area (Å²) < 4.78 is 5.70. The van der Waals surface area contributed by atoms with Crippen molar-refractivity contribution in [2.24, 2.45) is 0 Å². The molecule has 1 atom stereocenters. The number of carboxylic acid groups (broad SMARTS) is 1. The van der Waals surface area contributed by atoms with Gasteiger partial charge < -0.3 is 15.2 Å². The number of halogens is 1. The van der Waals surface area contributed by atoms with Crippen LogP contribution in [0.3, 0.4) is 0 Å². The highest BCUT2D eigenvalue weighted by Crippen LogP contribution is 2.38. The number of benzene rings is 3. The van der Waals surface area contributed by atoms with E-state index in [9.17, 15) is 4.79 Å². The monoisotopic (exact) mass is 421 g/mol. The Hall–Kier alpha value is -2.98. The van der Waals surface area contributed by atoms with Crippen molar-refractivity contribution in [3.05, 3.63) is 81.9 Å². The number of hydrogen-bond donors (Lipinski definition) is 2. The molecule has 0 radical (unpaired) electrons. The second-order valence-corrected chi connectivity index (χ2v) is 8.14. The Morgan fingerprint density at radius 1 is 1.13 bits per heavy atom. The van der Waals surface area contributed by atoms with E-state index in [1.54, 1.807) is 0 Å². The largest absolute Gasteiger partial charge is 0.493 e. The number of aryl methyl sites for hydroxylation is 2. The summed E-state index contributed by atoms with van der Waals surface area (Å²) in [6.45, 7) is 5.20. The lowest BCUT2D eigenvalue weighted by Gasteiger charge is -2.15. The Bertz CT molecular complexity index is 1090. The molecule has 1 aliphatic rings. The van der Waals surface area contributed by atoms with Gasteiger partial charge in [-0.25, -0.2) is 0 Å². The van der Waals surface area contributed by atoms with Crippen LogP contribution in [0.2, 0.25) is 5.02 Å². The SMILES string of the molecule is Cc1cccc(C)c1-c1cccc(CNc2ccc3c(c2)OCC3CC(=O)O)c1Cl. The fourth-order valence-electron chi connectivity index (χ4n) is 4.11. The van der Waals surface area contributed by atoms with Crippen LogP contribution in [0.5, 0.6) is 5.75 Å². The number of rotatable bonds is 6. The zero-order valence-corrected chi connectivity index (χ0v) is 17.8. The normalized spacial score (nSPS) is 14.8. The van der Waals surface area contributed by atoms with Crippen molar-refractivity contribution in [2.45, 2.75) is 32.7 Å². The highest BCUT2D eigenvalue weighted by atomic mass is 35.5. The quantitative estimate of drug-likeness (QED) is 0.498. The number of nitrogens with one attached hydrogen (secondary N) is 1. The molecule has 0 amide bonds. The molecule has 1 heterocycles. The van der Waals surface area contributed by atoms with Gasteiger partial charge in [-0.05, 0) is 42.2 Å². The van der Waals surface area contributed by atoms with Crippen LogP contribution < -0.4 is 10.1 Å². The van der Waals surface area contributed by atoms with Gasteiger partial charge in [0.2, 0.25) is 0 Å². The van der Waals surface area contributed by atoms with E-state index in [0.717, 1.165) is 33.1 Å². The maximum Gasteiger partial charge on any atom is 0.304 e. The predicted octanol–water partition coefficient (Wildman–Crippen LogP) is 6.19. The summed E-state index contributed by atoms with van der Waals surface area (Å²) in [6.07, 6.45) is 0.0838. The molecule has 0 bridgehead atoms. The molecule has 0 aromatic heterocycles. The van der Waals surface area contributed by atoms with Gasteiger partial charge in [0.15, 0.2) is 0 Å². The summed E-state index contributed by atoms with van der Waals surface area (Å²) >= 11 is 6.79. The summed E-state index contributed by atoms with van der Waals surface area (Å²) in [5.41, 5.74) is 7.51. The standard InChI is InChI=1S/C25H24ClNO3/c1-15-5-3-6-16(2)24(15)21-8-4-7-17(25(21)26)13-27-19-9-10-20-18(11-23(28)29)14-30-22(20)12-19/h3-10,12,18,27H,11,13-14H2,1-2H3,(H,28,29). The molecule has 0 saturated heterocycles. The first-order valence-electron chi connectivity index (χ1n) is 10.0. The first kappa shape index (κ1) is 20.3. The minimum Gasteiger partial charge on any atom is -0.493 e. The molecular formula is C25H24ClNO3. The number of hydrogen-bond acceptors (Lipinski definition) is 3. The Morgan fingerprint density at radius 2 is 1.87 bits per heavy atom. The fourth-order valence-corrected chi connectivity index (χ4v) is 4.40. The van der Waals surface area contributed by atoms with Gasteiger partial charge >= 0.3 is 5.97 Å². The lowest BCUT2D eigenvalue weighted by Crippen LogP contribution is -2.07. The third-order valence-corrected chi connectivity index (χ3v) is 6.07. The molecule has 5 heteroatoms. The van der Waals surface area contributed by atoms with Gasteiger partial charge in [0, 0.05) is 35.3 Å². The number of ether oxygens (including phenoxy) is 1. The molecule has 0 spiro atoms. The molecule has 30 heavy (non-hydrogen) atoms. The predicted molar refractivity (Wildman–Crippen MR) is 121 cm³/mol. The molecule has 0 aliphatic carbocycles. The average molecular weight is 422 g/mol. The molecule has 1 aliphatic heterocycles. The van der Waals surface area contributed by atoms with E-state index in [0.29, 0.717) is 13.2 Å². The van der Waals surface area contributed by atoms with Crippen LogP contribution in [0.25, 0.3) is 11.1 Å². The van der Waals surface area contributed by atoms with Crippen LogP contribution in [0.1, 0.15) is 34.6 Å². The van der Waals surface area contributed by atoms with Crippen molar-refractivity contribution >= 4 is 23.3 Å². The highest BCUT2D eigenvalue weighted by Gasteiger charge is 2.26. The van der Waals surface area contributed by atoms with Gasteiger partial charge in [-0.1, -0.05) is 54.1 Å². The highest BCUT2D eigenvalue weighted by molar-refractivity contribution is 6.34. The summed E-state index contributed by atoms with van der Waals surface area (Å²) in [5, 5.41) is 13.2. The lowest BCUT2D eigenvalue weighted by molar-refractivity contribution is -0.137. The van der Waals surface area contributed by atoms with Gasteiger partial charge in [0.25, 0.3) is 0 Å². The number of carbonyl (C=O) groups is 1. The molecule has 3 aromatic carbocycles. The number of anilines is 1.